The van der Waals surface area contributed by atoms with Gasteiger partial charge in [-0.3, -0.25) is 4.79 Å². The molecule has 168 valence electrons. The highest BCUT2D eigenvalue weighted by Gasteiger charge is 2.65. The van der Waals surface area contributed by atoms with Crippen LogP contribution in [0.15, 0.2) is 46.1 Å². The zero-order chi connectivity index (χ0) is 22.4. The lowest BCUT2D eigenvalue weighted by molar-refractivity contribution is -0.148. The first-order chi connectivity index (χ1) is 14.5. The van der Waals surface area contributed by atoms with Crippen LogP contribution in [-0.2, 0) is 4.79 Å². The van der Waals surface area contributed by atoms with E-state index in [0.29, 0.717) is 11.0 Å². The lowest BCUT2D eigenvalue weighted by atomic mass is 9.35. The van der Waals surface area contributed by atoms with Crippen LogP contribution < -0.4 is 0 Å². The predicted molar refractivity (Wildman–Crippen MR) is 126 cm³/mol. The second-order valence-electron chi connectivity index (χ2n) is 12.5. The Hall–Kier alpha value is -1.41. The topological polar surface area (TPSA) is 37.3 Å². The molecule has 0 aromatic heterocycles. The van der Waals surface area contributed by atoms with Crippen molar-refractivity contribution >= 4 is 5.78 Å². The van der Waals surface area contributed by atoms with E-state index in [1.165, 1.54) is 49.7 Å². The lowest BCUT2D eigenvalue weighted by Crippen LogP contribution is -2.61. The molecule has 5 aliphatic rings. The lowest BCUT2D eigenvalue weighted by Gasteiger charge is -2.69. The molecule has 3 fully saturated rings. The molecule has 2 nitrogen and oxygen atoms in total. The van der Waals surface area contributed by atoms with Gasteiger partial charge in [-0.2, -0.15) is 0 Å². The molecule has 5 aliphatic carbocycles. The van der Waals surface area contributed by atoms with E-state index in [1.54, 1.807) is 6.08 Å². The van der Waals surface area contributed by atoms with Crippen molar-refractivity contribution in [1.82, 2.24) is 0 Å². The highest BCUT2D eigenvalue weighted by atomic mass is 16.3. The molecule has 2 heteroatoms. The molecule has 0 heterocycles. The van der Waals surface area contributed by atoms with Crippen LogP contribution in [-0.4, -0.2) is 17.5 Å². The monoisotopic (exact) mass is 420 g/mol. The molecule has 0 aromatic rings. The van der Waals surface area contributed by atoms with E-state index in [2.05, 4.69) is 46.8 Å². The number of fused-ring (bicyclic) bond motifs is 7. The maximum Gasteiger partial charge on any atom is 0.184 e. The van der Waals surface area contributed by atoms with Crippen LogP contribution in [0.4, 0.5) is 0 Å². The first kappa shape index (κ1) is 21.4. The molecule has 0 amide bonds. The van der Waals surface area contributed by atoms with Gasteiger partial charge in [0.15, 0.2) is 5.78 Å². The minimum absolute atomic E-state index is 0.00504. The number of carbonyl (C=O) groups is 1. The van der Waals surface area contributed by atoms with Gasteiger partial charge in [-0.25, -0.2) is 0 Å². The molecule has 5 rings (SSSR count). The molecule has 0 aliphatic heterocycles. The Balaban J connectivity index is 1.68. The number of rotatable bonds is 1. The standard InChI is InChI=1S/C29H40O2/c1-18-9-10-26(3)11-13-28(5)23-8-7-20-19(2)16-22(31)21(17-30)25(20)27(23,4)12-14-29(28,6)24(26)15-18/h7-8,16,18,24,30H,9-15,17H2,1-6H3. The number of aliphatic hydroxyl groups is 1. The molecule has 0 spiro atoms. The van der Waals surface area contributed by atoms with Crippen LogP contribution in [0.3, 0.4) is 0 Å². The van der Waals surface area contributed by atoms with Crippen LogP contribution in [0.2, 0.25) is 0 Å². The van der Waals surface area contributed by atoms with Crippen molar-refractivity contribution in [2.75, 3.05) is 6.61 Å². The molecule has 0 aromatic carbocycles. The van der Waals surface area contributed by atoms with Crippen LogP contribution >= 0.6 is 0 Å². The van der Waals surface area contributed by atoms with Gasteiger partial charge in [-0.15, -0.1) is 0 Å². The van der Waals surface area contributed by atoms with Crippen LogP contribution in [0.25, 0.3) is 0 Å². The van der Waals surface area contributed by atoms with E-state index in [0.717, 1.165) is 29.4 Å². The third kappa shape index (κ3) is 2.58. The summed E-state index contributed by atoms with van der Waals surface area (Å²) < 4.78 is 0. The van der Waals surface area contributed by atoms with Crippen molar-refractivity contribution in [1.29, 1.82) is 0 Å². The Morgan fingerprint density at radius 1 is 1.03 bits per heavy atom. The highest BCUT2D eigenvalue weighted by molar-refractivity contribution is 6.08. The molecule has 6 unspecified atom stereocenters. The normalized spacial score (nSPS) is 46.8. The first-order valence-electron chi connectivity index (χ1n) is 12.5. The third-order valence-electron chi connectivity index (χ3n) is 11.0. The Bertz CT molecular complexity index is 977. The fraction of sp³-hybridized carbons (Fsp3) is 0.690. The van der Waals surface area contributed by atoms with E-state index >= 15 is 0 Å². The van der Waals surface area contributed by atoms with Crippen molar-refractivity contribution in [3.05, 3.63) is 46.1 Å². The van der Waals surface area contributed by atoms with E-state index in [9.17, 15) is 9.90 Å². The van der Waals surface area contributed by atoms with Crippen LogP contribution in [0, 0.1) is 33.5 Å². The van der Waals surface area contributed by atoms with E-state index in [1.807, 2.05) is 6.92 Å². The number of hydrogen-bond acceptors (Lipinski definition) is 2. The quantitative estimate of drug-likeness (QED) is 0.511. The maximum atomic E-state index is 12.9. The molecule has 0 bridgehead atoms. The molecule has 31 heavy (non-hydrogen) atoms. The highest BCUT2D eigenvalue weighted by Crippen LogP contribution is 2.74. The first-order valence-corrected chi connectivity index (χ1v) is 12.5. The van der Waals surface area contributed by atoms with Gasteiger partial charge in [0.25, 0.3) is 0 Å². The average Bonchev–Trinajstić information content (AvgIpc) is 2.72. The minimum Gasteiger partial charge on any atom is -0.392 e. The fourth-order valence-electron chi connectivity index (χ4n) is 8.88. The van der Waals surface area contributed by atoms with Crippen molar-refractivity contribution in [2.45, 2.75) is 86.5 Å². The zero-order valence-electron chi connectivity index (χ0n) is 20.4. The third-order valence-corrected chi connectivity index (χ3v) is 11.0. The maximum absolute atomic E-state index is 12.9. The number of hydrogen-bond donors (Lipinski definition) is 1. The summed E-state index contributed by atoms with van der Waals surface area (Å²) in [4.78, 5) is 12.9. The zero-order valence-corrected chi connectivity index (χ0v) is 20.4. The van der Waals surface area contributed by atoms with Crippen molar-refractivity contribution in [3.63, 3.8) is 0 Å². The van der Waals surface area contributed by atoms with Gasteiger partial charge in [0, 0.05) is 11.0 Å². The Kier molecular flexibility index (Phi) is 4.54. The summed E-state index contributed by atoms with van der Waals surface area (Å²) in [7, 11) is 0. The SMILES string of the molecule is CC1=CC(=O)C(CO)=C2C1=CC=C1C2(C)CCC2(C)C3CC(C)CCC3(C)CCC12C. The number of ketones is 1. The fourth-order valence-corrected chi connectivity index (χ4v) is 8.88. The van der Waals surface area contributed by atoms with Gasteiger partial charge in [0.2, 0.25) is 0 Å². The van der Waals surface area contributed by atoms with Crippen molar-refractivity contribution in [3.8, 4) is 0 Å². The molecule has 3 saturated carbocycles. The van der Waals surface area contributed by atoms with Gasteiger partial charge >= 0.3 is 0 Å². The molecule has 6 atom stereocenters. The summed E-state index contributed by atoms with van der Waals surface area (Å²) in [5.74, 6) is 1.59. The van der Waals surface area contributed by atoms with Gasteiger partial charge < -0.3 is 5.11 Å². The number of aliphatic hydroxyl groups excluding tert-OH is 1. The second kappa shape index (κ2) is 6.56. The summed E-state index contributed by atoms with van der Waals surface area (Å²) in [6.07, 6.45) is 15.3. The van der Waals surface area contributed by atoms with Gasteiger partial charge in [-0.1, -0.05) is 58.8 Å². The smallest absolute Gasteiger partial charge is 0.184 e. The Labute approximate surface area is 188 Å². The summed E-state index contributed by atoms with van der Waals surface area (Å²) in [6, 6.07) is 0. The molecule has 0 saturated heterocycles. The Morgan fingerprint density at radius 2 is 1.77 bits per heavy atom. The molecule has 0 radical (unpaired) electrons. The van der Waals surface area contributed by atoms with Gasteiger partial charge in [0.1, 0.15) is 0 Å². The second-order valence-corrected chi connectivity index (χ2v) is 12.5. The summed E-state index contributed by atoms with van der Waals surface area (Å²) >= 11 is 0. The molecular formula is C29H40O2. The Morgan fingerprint density at radius 3 is 2.48 bits per heavy atom. The van der Waals surface area contributed by atoms with Crippen molar-refractivity contribution in [2.24, 2.45) is 33.5 Å². The van der Waals surface area contributed by atoms with E-state index in [-0.39, 0.29) is 28.6 Å². The summed E-state index contributed by atoms with van der Waals surface area (Å²) in [5, 5.41) is 10.2. The minimum atomic E-state index is -0.162. The van der Waals surface area contributed by atoms with Crippen molar-refractivity contribution < 1.29 is 9.90 Å². The summed E-state index contributed by atoms with van der Waals surface area (Å²) in [6.45, 7) is 14.4. The van der Waals surface area contributed by atoms with Crippen LogP contribution in [0.5, 0.6) is 0 Å². The van der Waals surface area contributed by atoms with E-state index < -0.39 is 0 Å². The molecular weight excluding hydrogens is 380 g/mol. The van der Waals surface area contributed by atoms with Crippen LogP contribution in [0.1, 0.15) is 86.5 Å². The number of allylic oxidation sites excluding steroid dienone is 7. The molecule has 1 N–H and O–H groups in total. The van der Waals surface area contributed by atoms with Gasteiger partial charge in [0.05, 0.1) is 6.61 Å². The average molecular weight is 421 g/mol. The predicted octanol–water partition coefficient (Wildman–Crippen LogP) is 6.72. The van der Waals surface area contributed by atoms with E-state index in [4.69, 9.17) is 0 Å². The largest absolute Gasteiger partial charge is 0.392 e. The summed E-state index contributed by atoms with van der Waals surface area (Å²) in [5.41, 5.74) is 6.25. The number of carbonyl (C=O) groups excluding carboxylic acids is 1. The van der Waals surface area contributed by atoms with Gasteiger partial charge in [-0.05, 0) is 96.3 Å².